The number of benzene rings is 2. The van der Waals surface area contributed by atoms with E-state index in [2.05, 4.69) is 16.3 Å². The highest BCUT2D eigenvalue weighted by Crippen LogP contribution is 2.21. The molecule has 146 valence electrons. The van der Waals surface area contributed by atoms with E-state index in [1.54, 1.807) is 30.6 Å². The minimum absolute atomic E-state index is 0.0734. The molecule has 1 aromatic heterocycles. The van der Waals surface area contributed by atoms with Crippen LogP contribution in [0.25, 0.3) is 0 Å². The Hall–Kier alpha value is -2.70. The number of carbonyl (C=O) groups is 1. The van der Waals surface area contributed by atoms with Gasteiger partial charge in [0.25, 0.3) is 0 Å². The van der Waals surface area contributed by atoms with Crippen LogP contribution in [0.2, 0.25) is 0 Å². The van der Waals surface area contributed by atoms with Crippen molar-refractivity contribution in [3.05, 3.63) is 87.9 Å². The summed E-state index contributed by atoms with van der Waals surface area (Å²) in [6, 6.07) is 18.0. The zero-order valence-electron chi connectivity index (χ0n) is 15.7. The van der Waals surface area contributed by atoms with Gasteiger partial charge in [-0.1, -0.05) is 36.4 Å². The van der Waals surface area contributed by atoms with Crippen LogP contribution in [0.3, 0.4) is 0 Å². The molecule has 0 radical (unpaired) electrons. The van der Waals surface area contributed by atoms with Crippen molar-refractivity contribution >= 4 is 17.2 Å². The number of nitrogens with zero attached hydrogens (tertiary/aromatic N) is 1. The van der Waals surface area contributed by atoms with Gasteiger partial charge in [-0.2, -0.15) is 0 Å². The fraction of sp³-hybridized carbons (Fsp3) is 0.227. The summed E-state index contributed by atoms with van der Waals surface area (Å²) in [4.78, 5) is 15.8. The second-order valence-electron chi connectivity index (χ2n) is 6.44. The quantitative estimate of drug-likeness (QED) is 0.587. The molecule has 2 aromatic carbocycles. The molecule has 0 saturated heterocycles. The lowest BCUT2D eigenvalue weighted by Gasteiger charge is -2.22. The molecule has 3 rings (SSSR count). The number of carbonyl (C=O) groups excluding carboxylic acids is 1. The van der Waals surface area contributed by atoms with Crippen molar-refractivity contribution in [1.82, 2.24) is 10.2 Å². The molecular weight excluding hydrogens is 375 g/mol. The Morgan fingerprint density at radius 2 is 1.86 bits per heavy atom. The SMILES string of the molecule is COc1ccccc1CN(CC(=O)NCc1ccc(F)cc1)Cc1cccs1. The Kier molecular flexibility index (Phi) is 7.17. The Morgan fingerprint density at radius 3 is 2.57 bits per heavy atom. The van der Waals surface area contributed by atoms with Gasteiger partial charge in [0, 0.05) is 30.1 Å². The van der Waals surface area contributed by atoms with Gasteiger partial charge < -0.3 is 10.1 Å². The summed E-state index contributed by atoms with van der Waals surface area (Å²) in [5, 5.41) is 4.94. The van der Waals surface area contributed by atoms with Gasteiger partial charge in [0.2, 0.25) is 5.91 Å². The van der Waals surface area contributed by atoms with Crippen molar-refractivity contribution in [2.24, 2.45) is 0 Å². The van der Waals surface area contributed by atoms with Crippen LogP contribution in [-0.2, 0) is 24.4 Å². The molecule has 4 nitrogen and oxygen atoms in total. The molecule has 1 amide bonds. The van der Waals surface area contributed by atoms with Gasteiger partial charge in [0.05, 0.1) is 13.7 Å². The molecule has 6 heteroatoms. The molecule has 1 heterocycles. The lowest BCUT2D eigenvalue weighted by molar-refractivity contribution is -0.122. The van der Waals surface area contributed by atoms with Crippen LogP contribution in [0.4, 0.5) is 4.39 Å². The van der Waals surface area contributed by atoms with E-state index in [1.165, 1.54) is 17.0 Å². The summed E-state index contributed by atoms with van der Waals surface area (Å²) in [6.45, 7) is 1.92. The number of hydrogen-bond donors (Lipinski definition) is 1. The highest BCUT2D eigenvalue weighted by molar-refractivity contribution is 7.09. The van der Waals surface area contributed by atoms with Crippen molar-refractivity contribution < 1.29 is 13.9 Å². The van der Waals surface area contributed by atoms with Gasteiger partial charge in [-0.15, -0.1) is 11.3 Å². The fourth-order valence-electron chi connectivity index (χ4n) is 2.93. The average Bonchev–Trinajstić information content (AvgIpc) is 3.21. The summed E-state index contributed by atoms with van der Waals surface area (Å²) in [6.07, 6.45) is 0. The molecule has 0 unspecified atom stereocenters. The van der Waals surface area contributed by atoms with Crippen molar-refractivity contribution in [3.63, 3.8) is 0 Å². The maximum Gasteiger partial charge on any atom is 0.234 e. The first-order valence-electron chi connectivity index (χ1n) is 9.02. The van der Waals surface area contributed by atoms with Crippen molar-refractivity contribution in [2.45, 2.75) is 19.6 Å². The van der Waals surface area contributed by atoms with Crippen molar-refractivity contribution in [2.75, 3.05) is 13.7 Å². The van der Waals surface area contributed by atoms with Crippen LogP contribution in [0.1, 0.15) is 16.0 Å². The van der Waals surface area contributed by atoms with E-state index >= 15 is 0 Å². The zero-order chi connectivity index (χ0) is 19.8. The predicted octanol–water partition coefficient (Wildman–Crippen LogP) is 4.21. The molecule has 1 N–H and O–H groups in total. The number of rotatable bonds is 9. The second-order valence-corrected chi connectivity index (χ2v) is 7.47. The van der Waals surface area contributed by atoms with Gasteiger partial charge in [0.1, 0.15) is 11.6 Å². The maximum absolute atomic E-state index is 13.0. The van der Waals surface area contributed by atoms with Crippen LogP contribution in [0, 0.1) is 5.82 Å². The highest BCUT2D eigenvalue weighted by Gasteiger charge is 2.15. The fourth-order valence-corrected chi connectivity index (χ4v) is 3.67. The normalized spacial score (nSPS) is 10.8. The molecule has 0 aliphatic rings. The van der Waals surface area contributed by atoms with Gasteiger partial charge in [0.15, 0.2) is 0 Å². The number of thiophene rings is 1. The van der Waals surface area contributed by atoms with Crippen LogP contribution in [0.5, 0.6) is 5.75 Å². The number of halogens is 1. The topological polar surface area (TPSA) is 41.6 Å². The van der Waals surface area contributed by atoms with Crippen molar-refractivity contribution in [3.8, 4) is 5.75 Å². The van der Waals surface area contributed by atoms with E-state index in [-0.39, 0.29) is 18.3 Å². The van der Waals surface area contributed by atoms with Crippen LogP contribution < -0.4 is 10.1 Å². The minimum Gasteiger partial charge on any atom is -0.496 e. The standard InChI is InChI=1S/C22H23FN2O2S/c1-27-21-7-3-2-5-18(21)14-25(15-20-6-4-12-28-20)16-22(26)24-13-17-8-10-19(23)11-9-17/h2-12H,13-16H2,1H3,(H,24,26). The molecule has 0 fully saturated rings. The third-order valence-corrected chi connectivity index (χ3v) is 5.18. The lowest BCUT2D eigenvalue weighted by Crippen LogP contribution is -2.36. The predicted molar refractivity (Wildman–Crippen MR) is 110 cm³/mol. The molecular formula is C22H23FN2O2S. The molecule has 3 aromatic rings. The molecule has 0 saturated carbocycles. The second kappa shape index (κ2) is 10.0. The third-order valence-electron chi connectivity index (χ3n) is 4.32. The Balaban J connectivity index is 1.64. The monoisotopic (exact) mass is 398 g/mol. The van der Waals surface area contributed by atoms with E-state index in [0.717, 1.165) is 16.9 Å². The Morgan fingerprint density at radius 1 is 1.07 bits per heavy atom. The summed E-state index contributed by atoms with van der Waals surface area (Å²) in [5.41, 5.74) is 1.90. The summed E-state index contributed by atoms with van der Waals surface area (Å²) < 4.78 is 18.4. The van der Waals surface area contributed by atoms with E-state index in [0.29, 0.717) is 19.6 Å². The number of methoxy groups -OCH3 is 1. The van der Waals surface area contributed by atoms with Gasteiger partial charge >= 0.3 is 0 Å². The zero-order valence-corrected chi connectivity index (χ0v) is 16.5. The number of nitrogens with one attached hydrogen (secondary N) is 1. The molecule has 0 spiro atoms. The largest absolute Gasteiger partial charge is 0.496 e. The molecule has 28 heavy (non-hydrogen) atoms. The number of hydrogen-bond acceptors (Lipinski definition) is 4. The summed E-state index contributed by atoms with van der Waals surface area (Å²) in [5.74, 6) is 0.454. The number of para-hydroxylation sites is 1. The van der Waals surface area contributed by atoms with Gasteiger partial charge in [-0.25, -0.2) is 4.39 Å². The molecule has 0 atom stereocenters. The van der Waals surface area contributed by atoms with E-state index in [9.17, 15) is 9.18 Å². The van der Waals surface area contributed by atoms with Crippen molar-refractivity contribution in [1.29, 1.82) is 0 Å². The number of ether oxygens (including phenoxy) is 1. The summed E-state index contributed by atoms with van der Waals surface area (Å²) in [7, 11) is 1.65. The van der Waals surface area contributed by atoms with E-state index in [4.69, 9.17) is 4.74 Å². The first-order chi connectivity index (χ1) is 13.6. The van der Waals surface area contributed by atoms with Crippen LogP contribution >= 0.6 is 11.3 Å². The van der Waals surface area contributed by atoms with Gasteiger partial charge in [-0.05, 0) is 35.2 Å². The van der Waals surface area contributed by atoms with Crippen LogP contribution in [0.15, 0.2) is 66.0 Å². The minimum atomic E-state index is -0.283. The average molecular weight is 399 g/mol. The lowest BCUT2D eigenvalue weighted by atomic mass is 10.2. The smallest absolute Gasteiger partial charge is 0.234 e. The maximum atomic E-state index is 13.0. The third kappa shape index (κ3) is 5.90. The van der Waals surface area contributed by atoms with Gasteiger partial charge in [-0.3, -0.25) is 9.69 Å². The summed E-state index contributed by atoms with van der Waals surface area (Å²) >= 11 is 1.67. The first kappa shape index (κ1) is 20.0. The Bertz CT molecular complexity index is 882. The van der Waals surface area contributed by atoms with E-state index in [1.807, 2.05) is 35.7 Å². The first-order valence-corrected chi connectivity index (χ1v) is 9.90. The van der Waals surface area contributed by atoms with E-state index < -0.39 is 0 Å². The number of amides is 1. The molecule has 0 bridgehead atoms. The Labute approximate surface area is 168 Å². The molecule has 0 aliphatic heterocycles. The van der Waals surface area contributed by atoms with Crippen LogP contribution in [-0.4, -0.2) is 24.5 Å². The highest BCUT2D eigenvalue weighted by atomic mass is 32.1. The molecule has 0 aliphatic carbocycles.